The summed E-state index contributed by atoms with van der Waals surface area (Å²) in [6, 6.07) is 0. The average molecular weight is 128 g/mol. The third kappa shape index (κ3) is 1.25. The van der Waals surface area contributed by atoms with E-state index in [9.17, 15) is 0 Å². The van der Waals surface area contributed by atoms with Crippen molar-refractivity contribution in [1.29, 1.82) is 0 Å². The Hall–Kier alpha value is -0.0800. The number of ether oxygens (including phenoxy) is 2. The topological polar surface area (TPSA) is 18.5 Å². The molecule has 9 heavy (non-hydrogen) atoms. The fraction of sp³-hybridized carbons (Fsp3) is 1.00. The minimum atomic E-state index is 0.463. The van der Waals surface area contributed by atoms with Crippen molar-refractivity contribution < 1.29 is 9.47 Å². The van der Waals surface area contributed by atoms with Crippen molar-refractivity contribution >= 4 is 0 Å². The molecular weight excluding hydrogens is 116 g/mol. The zero-order valence-electron chi connectivity index (χ0n) is 5.51. The van der Waals surface area contributed by atoms with Crippen molar-refractivity contribution in [3.63, 3.8) is 0 Å². The molecule has 0 N–H and O–H groups in total. The molecule has 0 spiro atoms. The van der Waals surface area contributed by atoms with Gasteiger partial charge in [-0.15, -0.1) is 0 Å². The van der Waals surface area contributed by atoms with Gasteiger partial charge in [-0.1, -0.05) is 0 Å². The molecule has 52 valence electrons. The van der Waals surface area contributed by atoms with Gasteiger partial charge in [0.25, 0.3) is 0 Å². The molecule has 2 fully saturated rings. The Morgan fingerprint density at radius 2 is 1.44 bits per heavy atom. The lowest BCUT2D eigenvalue weighted by Gasteiger charge is -2.08. The van der Waals surface area contributed by atoms with Crippen molar-refractivity contribution in [2.75, 3.05) is 13.2 Å². The summed E-state index contributed by atoms with van der Waals surface area (Å²) < 4.78 is 10.9. The highest BCUT2D eigenvalue weighted by Gasteiger charge is 2.39. The summed E-state index contributed by atoms with van der Waals surface area (Å²) in [5.74, 6) is 0. The van der Waals surface area contributed by atoms with Crippen LogP contribution in [0.2, 0.25) is 0 Å². The van der Waals surface area contributed by atoms with Crippen molar-refractivity contribution in [3.05, 3.63) is 0 Å². The zero-order chi connectivity index (χ0) is 6.10. The highest BCUT2D eigenvalue weighted by atomic mass is 16.6. The van der Waals surface area contributed by atoms with Crippen molar-refractivity contribution in [2.24, 2.45) is 0 Å². The van der Waals surface area contributed by atoms with Crippen molar-refractivity contribution in [2.45, 2.75) is 31.5 Å². The summed E-state index contributed by atoms with van der Waals surface area (Å²) in [5, 5.41) is 0. The Bertz CT molecular complexity index is 91.1. The Balaban J connectivity index is 1.81. The predicted molar refractivity (Wildman–Crippen MR) is 33.3 cm³/mol. The minimum absolute atomic E-state index is 0.463. The van der Waals surface area contributed by atoms with Crippen molar-refractivity contribution in [3.8, 4) is 0 Å². The monoisotopic (exact) mass is 128 g/mol. The van der Waals surface area contributed by atoms with Crippen LogP contribution >= 0.6 is 0 Å². The van der Waals surface area contributed by atoms with Gasteiger partial charge in [0.15, 0.2) is 0 Å². The second kappa shape index (κ2) is 2.27. The Kier molecular flexibility index (Phi) is 1.44. The normalized spacial score (nSPS) is 42.7. The van der Waals surface area contributed by atoms with Crippen LogP contribution in [0.15, 0.2) is 0 Å². The first-order chi connectivity index (χ1) is 4.47. The zero-order valence-corrected chi connectivity index (χ0v) is 5.51. The summed E-state index contributed by atoms with van der Waals surface area (Å²) in [4.78, 5) is 0. The van der Waals surface area contributed by atoms with Gasteiger partial charge in [-0.05, 0) is 12.8 Å². The van der Waals surface area contributed by atoms with E-state index < -0.39 is 0 Å². The smallest absolute Gasteiger partial charge is 0.0863 e. The fourth-order valence-corrected chi connectivity index (χ4v) is 1.17. The summed E-state index contributed by atoms with van der Waals surface area (Å²) in [5.41, 5.74) is 0. The van der Waals surface area contributed by atoms with E-state index in [1.807, 2.05) is 0 Å². The maximum Gasteiger partial charge on any atom is 0.0863 e. The van der Waals surface area contributed by atoms with E-state index in [0.717, 1.165) is 19.6 Å². The minimum Gasteiger partial charge on any atom is -0.375 e. The summed E-state index contributed by atoms with van der Waals surface area (Å²) in [7, 11) is 0. The molecule has 2 atom stereocenters. The van der Waals surface area contributed by atoms with Crippen LogP contribution in [0.25, 0.3) is 0 Å². The molecule has 0 amide bonds. The molecule has 1 aliphatic heterocycles. The molecule has 0 aromatic heterocycles. The van der Waals surface area contributed by atoms with Gasteiger partial charge < -0.3 is 9.47 Å². The first-order valence-electron chi connectivity index (χ1n) is 3.70. The van der Waals surface area contributed by atoms with Crippen LogP contribution in [0.4, 0.5) is 0 Å². The van der Waals surface area contributed by atoms with Crippen molar-refractivity contribution in [1.82, 2.24) is 0 Å². The number of hydrogen-bond acceptors (Lipinski definition) is 2. The Labute approximate surface area is 55.1 Å². The molecular formula is C7H12O2. The molecule has 1 saturated carbocycles. The molecule has 1 saturated heterocycles. The molecule has 0 radical (unpaired) electrons. The molecule has 2 heteroatoms. The van der Waals surface area contributed by atoms with E-state index in [-0.39, 0.29) is 0 Å². The standard InChI is InChI=1S/C7H12O2/c1-2-4-9-7-5-6(7)8-3-1/h6-7H,1-5H2. The quantitative estimate of drug-likeness (QED) is 0.483. The van der Waals surface area contributed by atoms with E-state index in [1.54, 1.807) is 0 Å². The molecule has 2 unspecified atom stereocenters. The number of hydrogen-bond donors (Lipinski definition) is 0. The second-order valence-electron chi connectivity index (χ2n) is 2.76. The van der Waals surface area contributed by atoms with E-state index in [0.29, 0.717) is 12.2 Å². The lowest BCUT2D eigenvalue weighted by molar-refractivity contribution is 0.0176. The van der Waals surface area contributed by atoms with Gasteiger partial charge in [-0.2, -0.15) is 0 Å². The molecule has 1 heterocycles. The van der Waals surface area contributed by atoms with Crippen LogP contribution in [-0.4, -0.2) is 25.4 Å². The molecule has 0 bridgehead atoms. The van der Waals surface area contributed by atoms with Gasteiger partial charge in [-0.3, -0.25) is 0 Å². The SMILES string of the molecule is C1CCOC2CC2OC1. The van der Waals surface area contributed by atoms with Crippen LogP contribution in [0.1, 0.15) is 19.3 Å². The molecule has 2 nitrogen and oxygen atoms in total. The highest BCUT2D eigenvalue weighted by molar-refractivity contribution is 4.89. The third-order valence-electron chi connectivity index (χ3n) is 1.88. The van der Waals surface area contributed by atoms with Crippen LogP contribution in [0.3, 0.4) is 0 Å². The first-order valence-corrected chi connectivity index (χ1v) is 3.70. The van der Waals surface area contributed by atoms with Gasteiger partial charge in [0.05, 0.1) is 12.2 Å². The molecule has 0 aromatic rings. The number of fused-ring (bicyclic) bond motifs is 1. The van der Waals surface area contributed by atoms with Crippen LogP contribution in [0, 0.1) is 0 Å². The van der Waals surface area contributed by atoms with Gasteiger partial charge in [0.1, 0.15) is 0 Å². The van der Waals surface area contributed by atoms with E-state index >= 15 is 0 Å². The van der Waals surface area contributed by atoms with Crippen LogP contribution in [0.5, 0.6) is 0 Å². The summed E-state index contributed by atoms with van der Waals surface area (Å²) in [6.07, 6.45) is 4.41. The fourth-order valence-electron chi connectivity index (χ4n) is 1.17. The van der Waals surface area contributed by atoms with Crippen LogP contribution < -0.4 is 0 Å². The maximum absolute atomic E-state index is 5.43. The molecule has 0 aromatic carbocycles. The highest BCUT2D eigenvalue weighted by Crippen LogP contribution is 2.30. The number of rotatable bonds is 0. The van der Waals surface area contributed by atoms with Gasteiger partial charge in [0, 0.05) is 19.6 Å². The molecule has 2 rings (SSSR count). The first kappa shape index (κ1) is 5.69. The summed E-state index contributed by atoms with van der Waals surface area (Å²) >= 11 is 0. The maximum atomic E-state index is 5.43. The predicted octanol–water partition coefficient (Wildman–Crippen LogP) is 0.954. The van der Waals surface area contributed by atoms with E-state index in [4.69, 9.17) is 9.47 Å². The van der Waals surface area contributed by atoms with Gasteiger partial charge in [-0.25, -0.2) is 0 Å². The van der Waals surface area contributed by atoms with Crippen LogP contribution in [-0.2, 0) is 9.47 Å². The lowest BCUT2D eigenvalue weighted by Crippen LogP contribution is -2.10. The largest absolute Gasteiger partial charge is 0.375 e. The third-order valence-corrected chi connectivity index (χ3v) is 1.88. The Morgan fingerprint density at radius 1 is 0.889 bits per heavy atom. The van der Waals surface area contributed by atoms with E-state index in [2.05, 4.69) is 0 Å². The lowest BCUT2D eigenvalue weighted by atomic mass is 10.3. The average Bonchev–Trinajstić information content (AvgIpc) is 2.46. The summed E-state index contributed by atoms with van der Waals surface area (Å²) in [6.45, 7) is 1.90. The second-order valence-corrected chi connectivity index (χ2v) is 2.76. The Morgan fingerprint density at radius 3 is 2.00 bits per heavy atom. The van der Waals surface area contributed by atoms with Gasteiger partial charge >= 0.3 is 0 Å². The van der Waals surface area contributed by atoms with Gasteiger partial charge in [0.2, 0.25) is 0 Å². The molecule has 1 aliphatic carbocycles. The van der Waals surface area contributed by atoms with E-state index in [1.165, 1.54) is 12.8 Å². The molecule has 2 aliphatic rings.